The number of fused-ring (bicyclic) bond motifs is 1. The van der Waals surface area contributed by atoms with Gasteiger partial charge in [0.15, 0.2) is 0 Å². The Morgan fingerprint density at radius 1 is 1.23 bits per heavy atom. The average molecular weight is 297 g/mol. The molecule has 1 aliphatic heterocycles. The largest absolute Gasteiger partial charge is 0.376 e. The minimum Gasteiger partial charge on any atom is -0.376 e. The molecule has 1 aliphatic rings. The summed E-state index contributed by atoms with van der Waals surface area (Å²) in [6.07, 6.45) is 7.23. The molecule has 0 unspecified atom stereocenters. The molecule has 0 aromatic carbocycles. The van der Waals surface area contributed by atoms with Crippen molar-refractivity contribution in [3.8, 4) is 11.1 Å². The molecule has 3 rings (SSSR count). The topological polar surface area (TPSA) is 75.3 Å². The number of hydrogen-bond donors (Lipinski definition) is 1. The van der Waals surface area contributed by atoms with Crippen molar-refractivity contribution in [1.29, 1.82) is 0 Å². The van der Waals surface area contributed by atoms with Crippen LogP contribution in [-0.2, 0) is 6.42 Å². The molecule has 0 fully saturated rings. The maximum Gasteiger partial charge on any atom is 0.320 e. The van der Waals surface area contributed by atoms with Crippen molar-refractivity contribution in [1.82, 2.24) is 9.97 Å². The molecule has 6 nitrogen and oxygen atoms in total. The van der Waals surface area contributed by atoms with Crippen LogP contribution in [0, 0.1) is 0 Å². The first kappa shape index (κ1) is 14.3. The Labute approximate surface area is 129 Å². The number of rotatable bonds is 2. The van der Waals surface area contributed by atoms with Crippen LogP contribution < -0.4 is 15.5 Å². The third kappa shape index (κ3) is 2.59. The predicted molar refractivity (Wildman–Crippen MR) is 87.0 cm³/mol. The van der Waals surface area contributed by atoms with Crippen LogP contribution >= 0.6 is 0 Å². The van der Waals surface area contributed by atoms with E-state index in [0.717, 1.165) is 35.2 Å². The molecule has 0 atom stereocenters. The zero-order chi connectivity index (χ0) is 15.7. The van der Waals surface area contributed by atoms with E-state index >= 15 is 0 Å². The molecule has 114 valence electrons. The van der Waals surface area contributed by atoms with Crippen LogP contribution in [0.2, 0.25) is 0 Å². The van der Waals surface area contributed by atoms with Gasteiger partial charge in [-0.1, -0.05) is 0 Å². The van der Waals surface area contributed by atoms with Crippen LogP contribution in [0.3, 0.4) is 0 Å². The van der Waals surface area contributed by atoms with Crippen LogP contribution in [0.5, 0.6) is 0 Å². The van der Waals surface area contributed by atoms with Crippen molar-refractivity contribution in [2.45, 2.75) is 12.8 Å². The first-order valence-corrected chi connectivity index (χ1v) is 7.25. The smallest absolute Gasteiger partial charge is 0.320 e. The quantitative estimate of drug-likeness (QED) is 0.920. The Morgan fingerprint density at radius 2 is 2.00 bits per heavy atom. The number of aromatic nitrogens is 2. The normalized spacial score (nSPS) is 13.6. The molecule has 0 saturated carbocycles. The van der Waals surface area contributed by atoms with Crippen LogP contribution in [0.1, 0.15) is 12.0 Å². The Bertz CT molecular complexity index is 713. The maximum absolute atomic E-state index is 11.5. The van der Waals surface area contributed by atoms with E-state index in [-0.39, 0.29) is 0 Å². The summed E-state index contributed by atoms with van der Waals surface area (Å²) in [4.78, 5) is 23.8. The molecular weight excluding hydrogens is 278 g/mol. The van der Waals surface area contributed by atoms with Crippen molar-refractivity contribution in [3.63, 3.8) is 0 Å². The molecule has 0 spiro atoms. The van der Waals surface area contributed by atoms with Crippen LogP contribution in [0.15, 0.2) is 30.7 Å². The zero-order valence-electron chi connectivity index (χ0n) is 12.8. The first-order valence-electron chi connectivity index (χ1n) is 7.25. The molecule has 2 N–H and O–H groups in total. The number of aryl methyl sites for hydroxylation is 1. The fraction of sp³-hybridized carbons (Fsp3) is 0.312. The fourth-order valence-corrected chi connectivity index (χ4v) is 2.67. The van der Waals surface area contributed by atoms with Gasteiger partial charge < -0.3 is 10.6 Å². The average Bonchev–Trinajstić information content (AvgIpc) is 2.53. The number of urea groups is 1. The Morgan fingerprint density at radius 3 is 2.73 bits per heavy atom. The third-order valence-electron chi connectivity index (χ3n) is 3.87. The summed E-state index contributed by atoms with van der Waals surface area (Å²) < 4.78 is 0. The van der Waals surface area contributed by atoms with E-state index in [1.807, 2.05) is 31.4 Å². The second-order valence-electron chi connectivity index (χ2n) is 5.63. The highest BCUT2D eigenvalue weighted by molar-refractivity contribution is 5.91. The monoisotopic (exact) mass is 297 g/mol. The van der Waals surface area contributed by atoms with Gasteiger partial charge in [0, 0.05) is 44.2 Å². The molecule has 0 bridgehead atoms. The number of primary amides is 1. The first-order chi connectivity index (χ1) is 10.6. The standard InChI is InChI=1S/C16H19N5O/c1-20(2)14-7-13(8-18-10-14)12-6-11-4-3-5-21(16(17)22)15(11)19-9-12/h6-10H,3-5H2,1-2H3,(H2,17,22). The van der Waals surface area contributed by atoms with Gasteiger partial charge >= 0.3 is 6.03 Å². The summed E-state index contributed by atoms with van der Waals surface area (Å²) in [5, 5.41) is 0. The highest BCUT2D eigenvalue weighted by Gasteiger charge is 2.22. The lowest BCUT2D eigenvalue weighted by molar-refractivity contribution is 0.253. The number of nitrogens with two attached hydrogens (primary N) is 1. The highest BCUT2D eigenvalue weighted by Crippen LogP contribution is 2.30. The zero-order valence-corrected chi connectivity index (χ0v) is 12.8. The van der Waals surface area contributed by atoms with E-state index in [1.54, 1.807) is 6.20 Å². The maximum atomic E-state index is 11.5. The van der Waals surface area contributed by atoms with Gasteiger partial charge in [-0.25, -0.2) is 9.78 Å². The molecule has 3 heterocycles. The summed E-state index contributed by atoms with van der Waals surface area (Å²) in [5.74, 6) is 0.680. The third-order valence-corrected chi connectivity index (χ3v) is 3.87. The Hall–Kier alpha value is -2.63. The Balaban J connectivity index is 2.00. The highest BCUT2D eigenvalue weighted by atomic mass is 16.2. The lowest BCUT2D eigenvalue weighted by Crippen LogP contribution is -2.40. The molecule has 0 radical (unpaired) electrons. The van der Waals surface area contributed by atoms with Gasteiger partial charge in [0.25, 0.3) is 0 Å². The molecular formula is C16H19N5O. The van der Waals surface area contributed by atoms with Crippen LogP contribution in [0.4, 0.5) is 16.3 Å². The molecule has 2 amide bonds. The summed E-state index contributed by atoms with van der Waals surface area (Å²) in [5.41, 5.74) is 9.52. The van der Waals surface area contributed by atoms with E-state index in [0.29, 0.717) is 12.4 Å². The second kappa shape index (κ2) is 5.63. The molecule has 0 saturated heterocycles. The number of hydrogen-bond acceptors (Lipinski definition) is 4. The van der Waals surface area contributed by atoms with Gasteiger partial charge in [-0.3, -0.25) is 9.88 Å². The molecule has 0 aliphatic carbocycles. The summed E-state index contributed by atoms with van der Waals surface area (Å²) in [7, 11) is 3.97. The molecule has 2 aromatic rings. The predicted octanol–water partition coefficient (Wildman–Crippen LogP) is 2.04. The van der Waals surface area contributed by atoms with E-state index in [9.17, 15) is 4.79 Å². The lowest BCUT2D eigenvalue weighted by Gasteiger charge is -2.27. The molecule has 2 aromatic heterocycles. The van der Waals surface area contributed by atoms with Gasteiger partial charge in [0.05, 0.1) is 11.9 Å². The van der Waals surface area contributed by atoms with Gasteiger partial charge in [0.1, 0.15) is 5.82 Å². The summed E-state index contributed by atoms with van der Waals surface area (Å²) in [6, 6.07) is 3.70. The van der Waals surface area contributed by atoms with Gasteiger partial charge in [-0.05, 0) is 30.5 Å². The number of carbonyl (C=O) groups is 1. The number of nitrogens with zero attached hydrogens (tertiary/aromatic N) is 4. The van der Waals surface area contributed by atoms with Crippen molar-refractivity contribution in [2.75, 3.05) is 30.4 Å². The Kier molecular flexibility index (Phi) is 3.66. The fourth-order valence-electron chi connectivity index (χ4n) is 2.67. The van der Waals surface area contributed by atoms with E-state index in [1.165, 1.54) is 4.90 Å². The lowest BCUT2D eigenvalue weighted by atomic mass is 10.0. The second-order valence-corrected chi connectivity index (χ2v) is 5.63. The summed E-state index contributed by atoms with van der Waals surface area (Å²) >= 11 is 0. The minimum absolute atomic E-state index is 0.447. The minimum atomic E-state index is -0.447. The van der Waals surface area contributed by atoms with Crippen LogP contribution in [-0.4, -0.2) is 36.6 Å². The number of carbonyl (C=O) groups excluding carboxylic acids is 1. The molecule has 22 heavy (non-hydrogen) atoms. The SMILES string of the molecule is CN(C)c1cncc(-c2cnc3c(c2)CCCN3C(N)=O)c1. The van der Waals surface area contributed by atoms with E-state index in [4.69, 9.17) is 5.73 Å². The molecule has 6 heteroatoms. The van der Waals surface area contributed by atoms with Gasteiger partial charge in [0.2, 0.25) is 0 Å². The van der Waals surface area contributed by atoms with Gasteiger partial charge in [-0.2, -0.15) is 0 Å². The van der Waals surface area contributed by atoms with Crippen molar-refractivity contribution >= 4 is 17.5 Å². The van der Waals surface area contributed by atoms with E-state index < -0.39 is 6.03 Å². The van der Waals surface area contributed by atoms with Crippen molar-refractivity contribution < 1.29 is 4.79 Å². The van der Waals surface area contributed by atoms with Crippen molar-refractivity contribution in [3.05, 3.63) is 36.3 Å². The van der Waals surface area contributed by atoms with Gasteiger partial charge in [-0.15, -0.1) is 0 Å². The van der Waals surface area contributed by atoms with Crippen LogP contribution in [0.25, 0.3) is 11.1 Å². The number of amides is 2. The van der Waals surface area contributed by atoms with Crippen molar-refractivity contribution in [2.24, 2.45) is 5.73 Å². The van der Waals surface area contributed by atoms with E-state index in [2.05, 4.69) is 22.1 Å². The number of pyridine rings is 2. The summed E-state index contributed by atoms with van der Waals surface area (Å²) in [6.45, 7) is 0.631. The number of anilines is 2.